The lowest BCUT2D eigenvalue weighted by Gasteiger charge is -2.12. The summed E-state index contributed by atoms with van der Waals surface area (Å²) in [5, 5.41) is 0.152. The van der Waals surface area contributed by atoms with Crippen LogP contribution in [-0.2, 0) is 13.8 Å². The maximum absolute atomic E-state index is 11.3. The number of hydrogen-bond donors (Lipinski definition) is 0. The van der Waals surface area contributed by atoms with Crippen LogP contribution in [0.25, 0.3) is 0 Å². The molecule has 0 saturated carbocycles. The van der Waals surface area contributed by atoms with Crippen molar-refractivity contribution >= 4 is 42.9 Å². The molecule has 1 fully saturated rings. The molecular weight excluding hydrogens is 359 g/mol. The summed E-state index contributed by atoms with van der Waals surface area (Å²) in [4.78, 5) is -0.220. The van der Waals surface area contributed by atoms with Crippen molar-refractivity contribution in [3.05, 3.63) is 22.2 Å². The number of hydrogen-bond acceptors (Lipinski definition) is 4. The van der Waals surface area contributed by atoms with Crippen molar-refractivity contribution in [3.8, 4) is 5.75 Å². The summed E-state index contributed by atoms with van der Waals surface area (Å²) >= 11 is 11.9. The van der Waals surface area contributed by atoms with E-state index in [1.54, 1.807) is 0 Å². The molecule has 0 bridgehead atoms. The first kappa shape index (κ1) is 17.2. The number of ether oxygens (including phenoxy) is 2. The molecule has 1 unspecified atom stereocenters. The molecule has 4 nitrogen and oxygen atoms in total. The van der Waals surface area contributed by atoms with Crippen LogP contribution in [0.5, 0.6) is 5.75 Å². The second-order valence-corrected chi connectivity index (χ2v) is 8.13. The molecule has 8 heteroatoms. The standard InChI is InChI=1S/C13H15Cl3O4S/c14-10-8-13(21(16,17)18)11(15)7-12(10)20-6-2-4-9-3-1-5-19-9/h7-9H,1-6H2. The van der Waals surface area contributed by atoms with Gasteiger partial charge < -0.3 is 9.47 Å². The molecule has 1 aromatic carbocycles. The quantitative estimate of drug-likeness (QED) is 0.552. The smallest absolute Gasteiger partial charge is 0.262 e. The van der Waals surface area contributed by atoms with Gasteiger partial charge in [-0.05, 0) is 31.7 Å². The van der Waals surface area contributed by atoms with Crippen molar-refractivity contribution in [2.24, 2.45) is 0 Å². The fourth-order valence-electron chi connectivity index (χ4n) is 2.17. The monoisotopic (exact) mass is 372 g/mol. The van der Waals surface area contributed by atoms with Crippen LogP contribution < -0.4 is 4.74 Å². The molecule has 0 spiro atoms. The van der Waals surface area contributed by atoms with Gasteiger partial charge >= 0.3 is 0 Å². The van der Waals surface area contributed by atoms with Gasteiger partial charge in [-0.1, -0.05) is 23.2 Å². The van der Waals surface area contributed by atoms with E-state index in [0.29, 0.717) is 18.5 Å². The van der Waals surface area contributed by atoms with E-state index >= 15 is 0 Å². The van der Waals surface area contributed by atoms with Crippen LogP contribution in [0.3, 0.4) is 0 Å². The maximum atomic E-state index is 11.3. The van der Waals surface area contributed by atoms with Crippen molar-refractivity contribution in [2.75, 3.05) is 13.2 Å². The summed E-state index contributed by atoms with van der Waals surface area (Å²) < 4.78 is 33.6. The molecule has 0 aromatic heterocycles. The van der Waals surface area contributed by atoms with E-state index in [4.69, 9.17) is 43.4 Å². The fourth-order valence-corrected chi connectivity index (χ4v) is 3.97. The summed E-state index contributed by atoms with van der Waals surface area (Å²) in [6, 6.07) is 2.56. The third-order valence-corrected chi connectivity index (χ3v) is 5.28. The average molecular weight is 374 g/mol. The van der Waals surface area contributed by atoms with Crippen LogP contribution in [0.2, 0.25) is 10.0 Å². The first-order chi connectivity index (χ1) is 9.88. The summed E-state index contributed by atoms with van der Waals surface area (Å²) in [5.74, 6) is 0.345. The molecule has 1 aromatic rings. The van der Waals surface area contributed by atoms with E-state index in [1.807, 2.05) is 0 Å². The average Bonchev–Trinajstić information content (AvgIpc) is 2.90. The van der Waals surface area contributed by atoms with Crippen molar-refractivity contribution in [2.45, 2.75) is 36.7 Å². The molecule has 118 valence electrons. The zero-order valence-corrected chi connectivity index (χ0v) is 14.2. The highest BCUT2D eigenvalue weighted by Crippen LogP contribution is 2.35. The van der Waals surface area contributed by atoms with E-state index in [9.17, 15) is 8.42 Å². The maximum Gasteiger partial charge on any atom is 0.262 e. The number of benzene rings is 1. The highest BCUT2D eigenvalue weighted by atomic mass is 35.7. The van der Waals surface area contributed by atoms with Crippen molar-refractivity contribution < 1.29 is 17.9 Å². The Hall–Kier alpha value is -0.200. The minimum absolute atomic E-state index is 0.0106. The lowest BCUT2D eigenvalue weighted by atomic mass is 10.1. The Bertz CT molecular complexity index is 598. The van der Waals surface area contributed by atoms with Crippen LogP contribution in [0, 0.1) is 0 Å². The molecule has 0 radical (unpaired) electrons. The van der Waals surface area contributed by atoms with Crippen molar-refractivity contribution in [3.63, 3.8) is 0 Å². The Morgan fingerprint density at radius 3 is 2.67 bits per heavy atom. The minimum atomic E-state index is -3.93. The van der Waals surface area contributed by atoms with E-state index in [0.717, 1.165) is 32.3 Å². The first-order valence-electron chi connectivity index (χ1n) is 6.56. The molecule has 1 heterocycles. The molecule has 0 N–H and O–H groups in total. The van der Waals surface area contributed by atoms with Gasteiger partial charge in [0, 0.05) is 23.4 Å². The second kappa shape index (κ2) is 7.38. The Balaban J connectivity index is 1.93. The predicted molar refractivity (Wildman–Crippen MR) is 83.2 cm³/mol. The SMILES string of the molecule is O=S(=O)(Cl)c1cc(Cl)c(OCCCC2CCCO2)cc1Cl. The van der Waals surface area contributed by atoms with Crippen LogP contribution in [0.4, 0.5) is 0 Å². The highest BCUT2D eigenvalue weighted by molar-refractivity contribution is 8.13. The lowest BCUT2D eigenvalue weighted by Crippen LogP contribution is -2.08. The molecular formula is C13H15Cl3O4S. The minimum Gasteiger partial charge on any atom is -0.492 e. The van der Waals surface area contributed by atoms with Gasteiger partial charge in [0.1, 0.15) is 10.6 Å². The van der Waals surface area contributed by atoms with Gasteiger partial charge in [0.15, 0.2) is 0 Å². The number of rotatable bonds is 6. The first-order valence-corrected chi connectivity index (χ1v) is 9.62. The van der Waals surface area contributed by atoms with Gasteiger partial charge in [0.2, 0.25) is 0 Å². The topological polar surface area (TPSA) is 52.6 Å². The fraction of sp³-hybridized carbons (Fsp3) is 0.538. The van der Waals surface area contributed by atoms with Gasteiger partial charge in [0.25, 0.3) is 9.05 Å². The molecule has 0 aliphatic carbocycles. The summed E-state index contributed by atoms with van der Waals surface area (Å²) in [7, 11) is 1.34. The molecule has 0 amide bonds. The van der Waals surface area contributed by atoms with E-state index in [-0.39, 0.29) is 14.9 Å². The predicted octanol–water partition coefficient (Wildman–Crippen LogP) is 4.26. The van der Waals surface area contributed by atoms with Gasteiger partial charge in [0.05, 0.1) is 22.8 Å². The van der Waals surface area contributed by atoms with Crippen LogP contribution in [0.15, 0.2) is 17.0 Å². The van der Waals surface area contributed by atoms with Gasteiger partial charge in [-0.2, -0.15) is 0 Å². The zero-order chi connectivity index (χ0) is 15.5. The third-order valence-electron chi connectivity index (χ3n) is 3.20. The Morgan fingerprint density at radius 2 is 2.05 bits per heavy atom. The lowest BCUT2D eigenvalue weighted by molar-refractivity contribution is 0.0981. The Labute approximate surface area is 138 Å². The zero-order valence-electron chi connectivity index (χ0n) is 11.1. The largest absolute Gasteiger partial charge is 0.492 e. The molecule has 2 rings (SSSR count). The van der Waals surface area contributed by atoms with Crippen LogP contribution >= 0.6 is 33.9 Å². The van der Waals surface area contributed by atoms with Gasteiger partial charge in [-0.15, -0.1) is 0 Å². The highest BCUT2D eigenvalue weighted by Gasteiger charge is 2.19. The molecule has 1 aliphatic heterocycles. The second-order valence-electron chi connectivity index (χ2n) is 4.78. The number of halogens is 3. The van der Waals surface area contributed by atoms with Gasteiger partial charge in [-0.3, -0.25) is 0 Å². The molecule has 1 aliphatic rings. The van der Waals surface area contributed by atoms with Gasteiger partial charge in [-0.25, -0.2) is 8.42 Å². The van der Waals surface area contributed by atoms with Crippen LogP contribution in [0.1, 0.15) is 25.7 Å². The Morgan fingerprint density at radius 1 is 1.29 bits per heavy atom. The molecule has 21 heavy (non-hydrogen) atoms. The summed E-state index contributed by atoms with van der Waals surface area (Å²) in [5.41, 5.74) is 0. The normalized spacial score (nSPS) is 18.9. The van der Waals surface area contributed by atoms with Crippen molar-refractivity contribution in [1.29, 1.82) is 0 Å². The van der Waals surface area contributed by atoms with Crippen molar-refractivity contribution in [1.82, 2.24) is 0 Å². The summed E-state index contributed by atoms with van der Waals surface area (Å²) in [6.45, 7) is 1.30. The molecule has 1 saturated heterocycles. The van der Waals surface area contributed by atoms with Crippen LogP contribution in [-0.4, -0.2) is 27.7 Å². The molecule has 1 atom stereocenters. The van der Waals surface area contributed by atoms with E-state index in [1.165, 1.54) is 12.1 Å². The van der Waals surface area contributed by atoms with E-state index < -0.39 is 9.05 Å². The summed E-state index contributed by atoms with van der Waals surface area (Å²) in [6.07, 6.45) is 4.28. The Kier molecular flexibility index (Phi) is 6.03. The van der Waals surface area contributed by atoms with E-state index in [2.05, 4.69) is 0 Å². The third kappa shape index (κ3) is 4.89.